The molecule has 0 amide bonds. The van der Waals surface area contributed by atoms with Gasteiger partial charge in [0.25, 0.3) is 0 Å². The molecular formula is C18H20F2N2O2. The van der Waals surface area contributed by atoms with Crippen molar-refractivity contribution in [2.24, 2.45) is 5.10 Å². The predicted octanol–water partition coefficient (Wildman–Crippen LogP) is 3.90. The summed E-state index contributed by atoms with van der Waals surface area (Å²) in [6, 6.07) is 6.24. The van der Waals surface area contributed by atoms with E-state index in [0.717, 1.165) is 24.0 Å². The predicted molar refractivity (Wildman–Crippen MR) is 90.2 cm³/mol. The molecule has 1 aromatic carbocycles. The van der Waals surface area contributed by atoms with Crippen molar-refractivity contribution in [2.45, 2.75) is 25.9 Å². The number of carbonyl (C=O) groups excluding carboxylic acids is 1. The Labute approximate surface area is 140 Å². The summed E-state index contributed by atoms with van der Waals surface area (Å²) in [7, 11) is 3.62. The molecule has 0 aliphatic heterocycles. The quantitative estimate of drug-likeness (QED) is 0.466. The van der Waals surface area contributed by atoms with Gasteiger partial charge in [0.15, 0.2) is 5.78 Å². The van der Waals surface area contributed by atoms with Gasteiger partial charge in [0.1, 0.15) is 5.75 Å². The summed E-state index contributed by atoms with van der Waals surface area (Å²) in [6.45, 7) is -2.84. The molecule has 0 bridgehead atoms. The Bertz CT molecular complexity index is 662. The molecule has 1 aromatic rings. The first-order valence-electron chi connectivity index (χ1n) is 7.66. The summed E-state index contributed by atoms with van der Waals surface area (Å²) in [5.74, 6) is 0.113. The second kappa shape index (κ2) is 8.38. The van der Waals surface area contributed by atoms with Crippen LogP contribution in [0.3, 0.4) is 0 Å². The van der Waals surface area contributed by atoms with E-state index in [1.165, 1.54) is 12.1 Å². The summed E-state index contributed by atoms with van der Waals surface area (Å²) in [4.78, 5) is 12.5. The highest BCUT2D eigenvalue weighted by molar-refractivity contribution is 6.13. The van der Waals surface area contributed by atoms with Crippen LogP contribution in [0.4, 0.5) is 8.78 Å². The zero-order valence-corrected chi connectivity index (χ0v) is 13.7. The molecule has 2 rings (SSSR count). The van der Waals surface area contributed by atoms with E-state index >= 15 is 0 Å². The molecule has 4 nitrogen and oxygen atoms in total. The Balaban J connectivity index is 2.12. The van der Waals surface area contributed by atoms with Gasteiger partial charge in [-0.05, 0) is 49.1 Å². The first kappa shape index (κ1) is 17.8. The minimum atomic E-state index is -2.84. The van der Waals surface area contributed by atoms with Gasteiger partial charge in [0, 0.05) is 31.5 Å². The normalized spacial score (nSPS) is 18.8. The summed E-state index contributed by atoms with van der Waals surface area (Å²) in [5, 5.41) is 5.74. The van der Waals surface area contributed by atoms with Crippen molar-refractivity contribution in [2.75, 3.05) is 14.1 Å². The molecule has 0 N–H and O–H groups in total. The van der Waals surface area contributed by atoms with Gasteiger partial charge in [-0.25, -0.2) is 0 Å². The topological polar surface area (TPSA) is 41.9 Å². The van der Waals surface area contributed by atoms with Gasteiger partial charge in [0.2, 0.25) is 0 Å². The highest BCUT2D eigenvalue weighted by atomic mass is 19.3. The molecule has 128 valence electrons. The van der Waals surface area contributed by atoms with Gasteiger partial charge < -0.3 is 9.75 Å². The maximum atomic E-state index is 12.5. The number of allylic oxidation sites excluding steroid dienone is 3. The Morgan fingerprint density at radius 1 is 1.17 bits per heavy atom. The lowest BCUT2D eigenvalue weighted by Crippen LogP contribution is -2.12. The molecule has 1 fully saturated rings. The minimum Gasteiger partial charge on any atom is -0.435 e. The second-order valence-electron chi connectivity index (χ2n) is 5.60. The van der Waals surface area contributed by atoms with Crippen LogP contribution in [0, 0.1) is 0 Å². The van der Waals surface area contributed by atoms with E-state index in [1.807, 2.05) is 14.1 Å². The van der Waals surface area contributed by atoms with Crippen molar-refractivity contribution in [1.29, 1.82) is 0 Å². The number of hydrogen-bond donors (Lipinski definition) is 0. The fourth-order valence-corrected chi connectivity index (χ4v) is 2.40. The number of hydrogen-bond acceptors (Lipinski definition) is 4. The zero-order valence-electron chi connectivity index (χ0n) is 13.7. The van der Waals surface area contributed by atoms with Gasteiger partial charge >= 0.3 is 6.61 Å². The van der Waals surface area contributed by atoms with Gasteiger partial charge in [-0.3, -0.25) is 4.79 Å². The maximum Gasteiger partial charge on any atom is 0.387 e. The van der Waals surface area contributed by atoms with Gasteiger partial charge in [-0.1, -0.05) is 12.1 Å². The number of Topliss-reactive ketones (excluding diaryl/α,β-unsaturated/α-hetero) is 1. The number of hydrazone groups is 1. The number of alkyl halides is 2. The minimum absolute atomic E-state index is 0.0133. The Kier molecular flexibility index (Phi) is 6.23. The lowest BCUT2D eigenvalue weighted by molar-refractivity contribution is -0.112. The highest BCUT2D eigenvalue weighted by Gasteiger charge is 2.19. The monoisotopic (exact) mass is 334 g/mol. The van der Waals surface area contributed by atoms with Gasteiger partial charge in [0.05, 0.1) is 0 Å². The molecule has 1 aliphatic rings. The summed E-state index contributed by atoms with van der Waals surface area (Å²) in [6.07, 6.45) is 7.49. The Morgan fingerprint density at radius 3 is 2.46 bits per heavy atom. The average molecular weight is 334 g/mol. The average Bonchev–Trinajstić information content (AvgIpc) is 2.52. The molecule has 0 spiro atoms. The van der Waals surface area contributed by atoms with E-state index < -0.39 is 6.61 Å². The van der Waals surface area contributed by atoms with Gasteiger partial charge in [-0.2, -0.15) is 13.9 Å². The SMILES string of the molecule is CN(C)/N=C/C=C1\CCC/C(=C\c2ccc(OC(F)F)cc2)C1=O. The second-order valence-corrected chi connectivity index (χ2v) is 5.60. The fraction of sp³-hybridized carbons (Fsp3) is 0.333. The first-order chi connectivity index (χ1) is 11.5. The third-order valence-corrected chi connectivity index (χ3v) is 3.50. The lowest BCUT2D eigenvalue weighted by atomic mass is 9.87. The first-order valence-corrected chi connectivity index (χ1v) is 7.66. The van der Waals surface area contributed by atoms with Crippen LogP contribution >= 0.6 is 0 Å². The Hall–Kier alpha value is -2.50. The summed E-state index contributed by atoms with van der Waals surface area (Å²) in [5.41, 5.74) is 2.23. The third-order valence-electron chi connectivity index (χ3n) is 3.50. The van der Waals surface area contributed by atoms with Crippen LogP contribution in [0.15, 0.2) is 46.6 Å². The number of benzene rings is 1. The summed E-state index contributed by atoms with van der Waals surface area (Å²) >= 11 is 0. The van der Waals surface area contributed by atoms with Crippen LogP contribution in [-0.4, -0.2) is 37.7 Å². The van der Waals surface area contributed by atoms with Crippen LogP contribution < -0.4 is 4.74 Å². The van der Waals surface area contributed by atoms with Crippen LogP contribution in [0.1, 0.15) is 24.8 Å². The molecule has 24 heavy (non-hydrogen) atoms. The molecule has 1 aliphatic carbocycles. The molecule has 0 unspecified atom stereocenters. The number of nitrogens with zero attached hydrogens (tertiary/aromatic N) is 2. The molecular weight excluding hydrogens is 314 g/mol. The van der Waals surface area contributed by atoms with E-state index in [2.05, 4.69) is 9.84 Å². The zero-order chi connectivity index (χ0) is 17.5. The van der Waals surface area contributed by atoms with Crippen LogP contribution in [-0.2, 0) is 4.79 Å². The lowest BCUT2D eigenvalue weighted by Gasteiger charge is -2.16. The fourth-order valence-electron chi connectivity index (χ4n) is 2.40. The van der Waals surface area contributed by atoms with Crippen molar-refractivity contribution in [3.05, 3.63) is 47.1 Å². The third kappa shape index (κ3) is 5.30. The van der Waals surface area contributed by atoms with E-state index in [9.17, 15) is 13.6 Å². The largest absolute Gasteiger partial charge is 0.435 e. The number of ether oxygens (including phenoxy) is 1. The van der Waals surface area contributed by atoms with Crippen LogP contribution in [0.5, 0.6) is 5.75 Å². The molecule has 1 saturated carbocycles. The molecule has 0 heterocycles. The Morgan fingerprint density at radius 2 is 1.83 bits per heavy atom. The molecule has 0 radical (unpaired) electrons. The number of rotatable bonds is 5. The number of carbonyl (C=O) groups is 1. The van der Waals surface area contributed by atoms with Crippen molar-refractivity contribution in [3.63, 3.8) is 0 Å². The number of halogens is 2. The van der Waals surface area contributed by atoms with Gasteiger partial charge in [-0.15, -0.1) is 0 Å². The molecule has 0 saturated heterocycles. The molecule has 6 heteroatoms. The highest BCUT2D eigenvalue weighted by Crippen LogP contribution is 2.26. The molecule has 0 aromatic heterocycles. The van der Waals surface area contributed by atoms with E-state index in [0.29, 0.717) is 12.0 Å². The maximum absolute atomic E-state index is 12.5. The van der Waals surface area contributed by atoms with Crippen molar-refractivity contribution >= 4 is 18.1 Å². The van der Waals surface area contributed by atoms with E-state index in [4.69, 9.17) is 0 Å². The van der Waals surface area contributed by atoms with Crippen molar-refractivity contribution in [1.82, 2.24) is 5.01 Å². The van der Waals surface area contributed by atoms with E-state index in [1.54, 1.807) is 35.5 Å². The van der Waals surface area contributed by atoms with E-state index in [-0.39, 0.29) is 11.5 Å². The summed E-state index contributed by atoms with van der Waals surface area (Å²) < 4.78 is 28.6. The molecule has 0 atom stereocenters. The van der Waals surface area contributed by atoms with Crippen molar-refractivity contribution in [3.8, 4) is 5.75 Å². The van der Waals surface area contributed by atoms with Crippen LogP contribution in [0.25, 0.3) is 6.08 Å². The van der Waals surface area contributed by atoms with Crippen molar-refractivity contribution < 1.29 is 18.3 Å². The van der Waals surface area contributed by atoms with Crippen LogP contribution in [0.2, 0.25) is 0 Å². The standard InChI is InChI=1S/C18H20F2N2O2/c1-22(2)21-11-10-14-4-3-5-15(17(14)23)12-13-6-8-16(9-7-13)24-18(19)20/h6-12,18H,3-5H2,1-2H3/b14-10+,15-12+,21-11+. The smallest absolute Gasteiger partial charge is 0.387 e. The number of ketones is 1.